The van der Waals surface area contributed by atoms with Crippen LogP contribution in [0.2, 0.25) is 0 Å². The van der Waals surface area contributed by atoms with Gasteiger partial charge in [0.05, 0.1) is 53.6 Å². The van der Waals surface area contributed by atoms with Gasteiger partial charge in [0.2, 0.25) is 35.4 Å². The van der Waals surface area contributed by atoms with E-state index >= 15 is 0 Å². The number of anilines is 1. The lowest BCUT2D eigenvalue weighted by atomic mass is 9.89. The van der Waals surface area contributed by atoms with Crippen molar-refractivity contribution in [3.8, 4) is 0 Å². The van der Waals surface area contributed by atoms with Crippen LogP contribution in [0.4, 0.5) is 10.5 Å². The molecule has 0 saturated carbocycles. The molecule has 0 radical (unpaired) electrons. The number of carbonyl (C=O) groups excluding carboxylic acids is 7. The smallest absolute Gasteiger partial charge is 0.312 e. The number of ether oxygens (including phenoxy) is 2. The molecule has 21 nitrogen and oxygen atoms in total. The molecule has 1 aliphatic rings. The standard InChI is InChI=1S/C48H84N10O11S/c1-15-30(8)41(57(12)47(64)39(28(4)5)54-46(63)40(29(6)7)56(10)11)36(68-13)26-37(59)58-25-17-19-35(58)42(69-14)31(9)43(60)55-70(66,67)33-22-20-32(21-23-33)52-44(61)34(18-16-24-51-48(50)65)53-45(62)38(49)27(2)3/h20-23,27-31,34-36,38-42H,15-19,24-26,49H2,1-14H3,(H,52,61)(H,53,62)(H,54,63)(H,55,60)(H3,50,51,65)/t30-,31+,34-,35-,36+,38-,39-,40-,41?,42+/m0/s1. The van der Waals surface area contributed by atoms with Crippen LogP contribution in [0.3, 0.4) is 0 Å². The van der Waals surface area contributed by atoms with Gasteiger partial charge in [-0.3, -0.25) is 33.7 Å². The molecule has 8 amide bonds. The van der Waals surface area contributed by atoms with Gasteiger partial charge in [0.15, 0.2) is 0 Å². The highest BCUT2D eigenvalue weighted by atomic mass is 32.2. The molecular formula is C48H84N10O11S. The second kappa shape index (κ2) is 28.2. The number of likely N-dealkylation sites (N-methyl/N-ethyl adjacent to an activating group) is 2. The first kappa shape index (κ1) is 61.2. The summed E-state index contributed by atoms with van der Waals surface area (Å²) in [4.78, 5) is 97.8. The summed E-state index contributed by atoms with van der Waals surface area (Å²) in [6.45, 7) is 17.2. The number of methoxy groups -OCH3 is 2. The van der Waals surface area contributed by atoms with E-state index in [0.717, 1.165) is 0 Å². The zero-order chi connectivity index (χ0) is 53.4. The summed E-state index contributed by atoms with van der Waals surface area (Å²) >= 11 is 0. The third-order valence-electron chi connectivity index (χ3n) is 13.2. The Morgan fingerprint density at radius 2 is 1.44 bits per heavy atom. The number of carbonyl (C=O) groups is 7. The molecule has 22 heteroatoms. The summed E-state index contributed by atoms with van der Waals surface area (Å²) in [5.74, 6) is -4.48. The fraction of sp³-hybridized carbons (Fsp3) is 0.729. The van der Waals surface area contributed by atoms with Gasteiger partial charge in [0.25, 0.3) is 10.0 Å². The van der Waals surface area contributed by atoms with Gasteiger partial charge < -0.3 is 52.0 Å². The number of nitrogens with one attached hydrogen (secondary N) is 5. The van der Waals surface area contributed by atoms with E-state index in [1.54, 1.807) is 30.7 Å². The predicted molar refractivity (Wildman–Crippen MR) is 267 cm³/mol. The number of rotatable bonds is 28. The van der Waals surface area contributed by atoms with Gasteiger partial charge in [-0.05, 0) is 87.7 Å². The Kier molecular flexibility index (Phi) is 24.7. The van der Waals surface area contributed by atoms with E-state index in [2.05, 4.69) is 26.0 Å². The Balaban J connectivity index is 2.25. The summed E-state index contributed by atoms with van der Waals surface area (Å²) in [5, 5.41) is 10.7. The minimum absolute atomic E-state index is 0.00467. The van der Waals surface area contributed by atoms with Crippen molar-refractivity contribution < 1.29 is 51.5 Å². The number of benzene rings is 1. The molecule has 1 aromatic carbocycles. The Bertz CT molecular complexity index is 2010. The van der Waals surface area contributed by atoms with Crippen molar-refractivity contribution >= 4 is 57.2 Å². The van der Waals surface area contributed by atoms with Crippen molar-refractivity contribution in [2.45, 2.75) is 154 Å². The molecule has 2 rings (SSSR count). The largest absolute Gasteiger partial charge is 0.379 e. The normalized spacial score (nSPS) is 18.0. The molecule has 398 valence electrons. The molecule has 1 fully saturated rings. The fourth-order valence-electron chi connectivity index (χ4n) is 9.00. The first-order valence-corrected chi connectivity index (χ1v) is 25.8. The van der Waals surface area contributed by atoms with E-state index in [1.807, 2.05) is 60.5 Å². The average molecular weight is 1010 g/mol. The summed E-state index contributed by atoms with van der Waals surface area (Å²) in [7, 11) is 3.77. The summed E-state index contributed by atoms with van der Waals surface area (Å²) in [6, 6.07) is -0.0363. The lowest BCUT2D eigenvalue weighted by Crippen LogP contribution is -2.59. The van der Waals surface area contributed by atoms with Crippen LogP contribution in [0.5, 0.6) is 0 Å². The molecular weight excluding hydrogens is 925 g/mol. The van der Waals surface area contributed by atoms with E-state index in [-0.39, 0.29) is 71.4 Å². The van der Waals surface area contributed by atoms with Crippen LogP contribution < -0.4 is 37.5 Å². The van der Waals surface area contributed by atoms with Gasteiger partial charge >= 0.3 is 6.03 Å². The molecule has 1 aromatic rings. The maximum Gasteiger partial charge on any atom is 0.312 e. The zero-order valence-electron chi connectivity index (χ0n) is 43.9. The van der Waals surface area contributed by atoms with Crippen molar-refractivity contribution in [3.63, 3.8) is 0 Å². The van der Waals surface area contributed by atoms with Crippen LogP contribution in [-0.2, 0) is 48.3 Å². The fourth-order valence-corrected chi connectivity index (χ4v) is 10.1. The van der Waals surface area contributed by atoms with E-state index < -0.39 is 88.2 Å². The number of hydrogen-bond acceptors (Lipinski definition) is 13. The van der Waals surface area contributed by atoms with E-state index in [4.69, 9.17) is 20.9 Å². The SMILES string of the molecule is CC[C@H](C)C([C@@H](CC(=O)N1CCC[C@H]1[C@H](OC)[C@@H](C)C(=O)NS(=O)(=O)c1ccc(NC(=O)[C@H](CCCNC(N)=O)NC(=O)[C@@H](N)C(C)C)cc1)OC)N(C)C(=O)[C@@H](NC(=O)[C@H](C(C)C)N(C)C)C(C)C. The summed E-state index contributed by atoms with van der Waals surface area (Å²) in [6.07, 6.45) is 0.401. The Morgan fingerprint density at radius 1 is 0.829 bits per heavy atom. The van der Waals surface area contributed by atoms with Gasteiger partial charge in [0, 0.05) is 40.0 Å². The highest BCUT2D eigenvalue weighted by Crippen LogP contribution is 2.30. The maximum atomic E-state index is 14.3. The molecule has 70 heavy (non-hydrogen) atoms. The molecule has 0 aromatic heterocycles. The molecule has 1 heterocycles. The molecule has 9 N–H and O–H groups in total. The van der Waals surface area contributed by atoms with Gasteiger partial charge in [-0.1, -0.05) is 68.7 Å². The number of sulfonamides is 1. The van der Waals surface area contributed by atoms with Gasteiger partial charge in [-0.25, -0.2) is 17.9 Å². The Morgan fingerprint density at radius 3 is 1.94 bits per heavy atom. The average Bonchev–Trinajstić information content (AvgIpc) is 3.77. The lowest BCUT2D eigenvalue weighted by Gasteiger charge is -2.41. The summed E-state index contributed by atoms with van der Waals surface area (Å²) in [5.41, 5.74) is 11.3. The third kappa shape index (κ3) is 17.2. The minimum atomic E-state index is -4.44. The highest BCUT2D eigenvalue weighted by molar-refractivity contribution is 7.90. The molecule has 0 bridgehead atoms. The zero-order valence-corrected chi connectivity index (χ0v) is 44.7. The number of likely N-dealkylation sites (tertiary alicyclic amines) is 1. The second-order valence-corrected chi connectivity index (χ2v) is 21.4. The number of amides is 8. The maximum absolute atomic E-state index is 14.3. The number of nitrogens with zero attached hydrogens (tertiary/aromatic N) is 3. The van der Waals surface area contributed by atoms with Crippen molar-refractivity contribution in [1.29, 1.82) is 0 Å². The molecule has 1 saturated heterocycles. The van der Waals surface area contributed by atoms with Crippen LogP contribution in [0.25, 0.3) is 0 Å². The van der Waals surface area contributed by atoms with Crippen LogP contribution >= 0.6 is 0 Å². The minimum Gasteiger partial charge on any atom is -0.379 e. The van der Waals surface area contributed by atoms with Crippen LogP contribution in [0.1, 0.15) is 101 Å². The van der Waals surface area contributed by atoms with E-state index in [0.29, 0.717) is 32.2 Å². The van der Waals surface area contributed by atoms with Crippen molar-refractivity contribution in [2.24, 2.45) is 41.1 Å². The molecule has 0 aliphatic carbocycles. The first-order chi connectivity index (χ1) is 32.6. The van der Waals surface area contributed by atoms with E-state index in [1.165, 1.54) is 45.4 Å². The van der Waals surface area contributed by atoms with Crippen molar-refractivity contribution in [2.75, 3.05) is 53.8 Å². The quantitative estimate of drug-likeness (QED) is 0.0592. The van der Waals surface area contributed by atoms with Gasteiger partial charge in [-0.2, -0.15) is 0 Å². The number of urea groups is 1. The van der Waals surface area contributed by atoms with Crippen molar-refractivity contribution in [1.82, 2.24) is 35.4 Å². The van der Waals surface area contributed by atoms with Gasteiger partial charge in [0.1, 0.15) is 12.1 Å². The van der Waals surface area contributed by atoms with Gasteiger partial charge in [-0.15, -0.1) is 0 Å². The number of nitrogens with two attached hydrogens (primary N) is 2. The van der Waals surface area contributed by atoms with Crippen LogP contribution in [0, 0.1) is 29.6 Å². The molecule has 10 atom stereocenters. The molecule has 1 unspecified atom stereocenters. The van der Waals surface area contributed by atoms with Crippen LogP contribution in [0.15, 0.2) is 29.2 Å². The Labute approximate surface area is 416 Å². The van der Waals surface area contributed by atoms with E-state index in [9.17, 15) is 42.0 Å². The number of primary amides is 1. The number of hydrogen-bond donors (Lipinski definition) is 7. The van der Waals surface area contributed by atoms with Crippen LogP contribution in [-0.4, -0.2) is 162 Å². The summed E-state index contributed by atoms with van der Waals surface area (Å²) < 4.78 is 41.1. The van der Waals surface area contributed by atoms with Crippen molar-refractivity contribution in [3.05, 3.63) is 24.3 Å². The topological polar surface area (TPSA) is 294 Å². The lowest BCUT2D eigenvalue weighted by molar-refractivity contribution is -0.148. The first-order valence-electron chi connectivity index (χ1n) is 24.3. The Hall–Kier alpha value is -4.90. The molecule has 0 spiro atoms. The predicted octanol–water partition coefficient (Wildman–Crippen LogP) is 1.99. The monoisotopic (exact) mass is 1010 g/mol. The highest BCUT2D eigenvalue weighted by Gasteiger charge is 2.43. The third-order valence-corrected chi connectivity index (χ3v) is 14.6. The molecule has 1 aliphatic heterocycles. The second-order valence-electron chi connectivity index (χ2n) is 19.7.